The van der Waals surface area contributed by atoms with Crippen LogP contribution in [-0.4, -0.2) is 62.7 Å². The molecule has 0 aliphatic heterocycles. The van der Waals surface area contributed by atoms with Gasteiger partial charge in [0, 0.05) is 0 Å². The zero-order chi connectivity index (χ0) is 25.4. The first-order chi connectivity index (χ1) is 13.4. The SMILES string of the molecule is FC(F)C(F)(F)C(F)(F)OB(OC(F)(F)C(F)(F)C(F)F)OC(F)(F)C(F)(F)C(F)F. The van der Waals surface area contributed by atoms with Gasteiger partial charge in [0.05, 0.1) is 0 Å². The van der Waals surface area contributed by atoms with Gasteiger partial charge in [0.15, 0.2) is 0 Å². The fourth-order valence-electron chi connectivity index (χ4n) is 1.05. The molecule has 0 heterocycles. The van der Waals surface area contributed by atoms with Crippen LogP contribution < -0.4 is 0 Å². The largest absolute Gasteiger partial charge is 0.652 e. The zero-order valence-corrected chi connectivity index (χ0v) is 13.3. The van der Waals surface area contributed by atoms with Crippen molar-refractivity contribution in [2.24, 2.45) is 0 Å². The summed E-state index contributed by atoms with van der Waals surface area (Å²) in [6.45, 7) is 0. The van der Waals surface area contributed by atoms with Crippen LogP contribution in [0.25, 0.3) is 0 Å². The third kappa shape index (κ3) is 5.93. The molecule has 0 aliphatic carbocycles. The maximum Gasteiger partial charge on any atom is 0.652 e. The maximum atomic E-state index is 13.0. The molecule has 0 atom stereocenters. The van der Waals surface area contributed by atoms with Crippen LogP contribution in [0.1, 0.15) is 0 Å². The van der Waals surface area contributed by atoms with E-state index in [0.717, 1.165) is 0 Å². The van der Waals surface area contributed by atoms with Crippen molar-refractivity contribution in [3.05, 3.63) is 0 Å². The number of hydrogen-bond acceptors (Lipinski definition) is 3. The Balaban J connectivity index is 6.23. The molecule has 0 aromatic carbocycles. The van der Waals surface area contributed by atoms with Crippen molar-refractivity contribution in [2.75, 3.05) is 0 Å². The molecule has 0 aromatic rings. The van der Waals surface area contributed by atoms with E-state index in [2.05, 4.69) is 14.0 Å². The van der Waals surface area contributed by atoms with Crippen LogP contribution in [0.4, 0.5) is 79.0 Å². The summed E-state index contributed by atoms with van der Waals surface area (Å²) in [5.41, 5.74) is 0. The summed E-state index contributed by atoms with van der Waals surface area (Å²) in [6.07, 6.45) is -37.8. The average Bonchev–Trinajstić information content (AvgIpc) is 2.52. The van der Waals surface area contributed by atoms with Crippen molar-refractivity contribution in [3.8, 4) is 0 Å². The monoisotopic (exact) mass is 512 g/mol. The summed E-state index contributed by atoms with van der Waals surface area (Å²) in [7, 11) is -5.46. The molecule has 22 heteroatoms. The summed E-state index contributed by atoms with van der Waals surface area (Å²) in [6, 6.07) is 0. The second-order valence-corrected chi connectivity index (χ2v) is 4.96. The zero-order valence-electron chi connectivity index (χ0n) is 13.3. The second kappa shape index (κ2) is 8.91. The van der Waals surface area contributed by atoms with E-state index in [-0.39, 0.29) is 0 Å². The van der Waals surface area contributed by atoms with E-state index >= 15 is 0 Å². The van der Waals surface area contributed by atoms with Gasteiger partial charge in [-0.15, -0.1) is 0 Å². The summed E-state index contributed by atoms with van der Waals surface area (Å²) in [5, 5.41) is 0. The van der Waals surface area contributed by atoms with Gasteiger partial charge < -0.3 is 14.0 Å². The first-order valence-corrected chi connectivity index (χ1v) is 6.51. The van der Waals surface area contributed by atoms with Crippen molar-refractivity contribution < 1.29 is 93.0 Å². The molecule has 0 spiro atoms. The van der Waals surface area contributed by atoms with Crippen LogP contribution in [0.15, 0.2) is 0 Å². The lowest BCUT2D eigenvalue weighted by Crippen LogP contribution is -2.59. The first kappa shape index (κ1) is 29.7. The van der Waals surface area contributed by atoms with Gasteiger partial charge in [-0.3, -0.25) is 0 Å². The van der Waals surface area contributed by atoms with Crippen LogP contribution >= 0.6 is 0 Å². The molecular formula is C9H3BF18O3. The third-order valence-corrected chi connectivity index (χ3v) is 2.72. The molecule has 0 aromatic heterocycles. The van der Waals surface area contributed by atoms with Crippen molar-refractivity contribution in [2.45, 2.75) is 55.4 Å². The molecule has 0 amide bonds. The van der Waals surface area contributed by atoms with E-state index in [0.29, 0.717) is 0 Å². The fraction of sp³-hybridized carbons (Fsp3) is 1.00. The Morgan fingerprint density at radius 2 is 0.548 bits per heavy atom. The molecule has 0 rings (SSSR count). The minimum absolute atomic E-state index is 2.06. The summed E-state index contributed by atoms with van der Waals surface area (Å²) >= 11 is 0. The quantitative estimate of drug-likeness (QED) is 0.256. The van der Waals surface area contributed by atoms with Gasteiger partial charge in [0.2, 0.25) is 0 Å². The van der Waals surface area contributed by atoms with Crippen molar-refractivity contribution in [1.29, 1.82) is 0 Å². The molecular weight excluding hydrogens is 509 g/mol. The van der Waals surface area contributed by atoms with E-state index in [4.69, 9.17) is 0 Å². The van der Waals surface area contributed by atoms with Gasteiger partial charge in [-0.2, -0.15) is 52.7 Å². The Bertz CT molecular complexity index is 513. The van der Waals surface area contributed by atoms with Gasteiger partial charge in [-0.1, -0.05) is 0 Å². The van der Waals surface area contributed by atoms with Crippen LogP contribution in [0.3, 0.4) is 0 Å². The highest BCUT2D eigenvalue weighted by atomic mass is 19.4. The van der Waals surface area contributed by atoms with E-state index in [1.807, 2.05) is 0 Å². The molecule has 0 saturated heterocycles. The summed E-state index contributed by atoms with van der Waals surface area (Å²) in [5.74, 6) is -20.7. The van der Waals surface area contributed by atoms with E-state index in [9.17, 15) is 79.0 Å². The number of hydrogen-bond donors (Lipinski definition) is 0. The van der Waals surface area contributed by atoms with Gasteiger partial charge in [-0.05, 0) is 0 Å². The highest BCUT2D eigenvalue weighted by Gasteiger charge is 2.73. The molecule has 0 aliphatic rings. The molecule has 0 bridgehead atoms. The molecule has 0 fully saturated rings. The van der Waals surface area contributed by atoms with Gasteiger partial charge in [0.1, 0.15) is 0 Å². The van der Waals surface area contributed by atoms with E-state index in [1.54, 1.807) is 0 Å². The Kier molecular flexibility index (Phi) is 8.53. The molecule has 3 nitrogen and oxygen atoms in total. The molecule has 186 valence electrons. The van der Waals surface area contributed by atoms with Gasteiger partial charge >= 0.3 is 62.7 Å². The summed E-state index contributed by atoms with van der Waals surface area (Å²) < 4.78 is 231. The van der Waals surface area contributed by atoms with Crippen molar-refractivity contribution >= 4 is 7.32 Å². The molecule has 0 N–H and O–H groups in total. The van der Waals surface area contributed by atoms with Crippen molar-refractivity contribution in [1.82, 2.24) is 0 Å². The molecule has 31 heavy (non-hydrogen) atoms. The normalized spacial score (nSPS) is 15.4. The minimum Gasteiger partial charge on any atom is -0.322 e. The predicted octanol–water partition coefficient (Wildman–Crippen LogP) is 5.50. The fourth-order valence-corrected chi connectivity index (χ4v) is 1.05. The standard InChI is InChI=1S/C9H3BF18O3/c11-1(12)4(17,18)7(23,24)29-10(30-8(25,26)5(19,20)2(13)14)31-9(27,28)6(21,22)3(15)16/h1-3H. The first-order valence-electron chi connectivity index (χ1n) is 6.51. The molecule has 0 unspecified atom stereocenters. The number of alkyl halides is 18. The van der Waals surface area contributed by atoms with E-state index < -0.39 is 62.7 Å². The number of halogens is 18. The minimum atomic E-state index is -7.06. The van der Waals surface area contributed by atoms with E-state index in [1.165, 1.54) is 0 Å². The van der Waals surface area contributed by atoms with Crippen molar-refractivity contribution in [3.63, 3.8) is 0 Å². The topological polar surface area (TPSA) is 27.7 Å². The average molecular weight is 512 g/mol. The lowest BCUT2D eigenvalue weighted by atomic mass is 10.1. The van der Waals surface area contributed by atoms with Crippen LogP contribution in [0.2, 0.25) is 0 Å². The Morgan fingerprint density at radius 3 is 0.677 bits per heavy atom. The van der Waals surface area contributed by atoms with Crippen LogP contribution in [-0.2, 0) is 14.0 Å². The smallest absolute Gasteiger partial charge is 0.322 e. The second-order valence-electron chi connectivity index (χ2n) is 4.96. The third-order valence-electron chi connectivity index (χ3n) is 2.72. The highest BCUT2D eigenvalue weighted by molar-refractivity contribution is 6.36. The van der Waals surface area contributed by atoms with Gasteiger partial charge in [0.25, 0.3) is 0 Å². The molecule has 0 saturated carbocycles. The lowest BCUT2D eigenvalue weighted by Gasteiger charge is -2.33. The molecule has 0 radical (unpaired) electrons. The number of rotatable bonds is 12. The van der Waals surface area contributed by atoms with Gasteiger partial charge in [-0.25, -0.2) is 26.3 Å². The Labute approximate surface area is 157 Å². The Hall–Kier alpha value is -1.32. The highest BCUT2D eigenvalue weighted by Crippen LogP contribution is 2.46. The Morgan fingerprint density at radius 1 is 0.387 bits per heavy atom. The summed E-state index contributed by atoms with van der Waals surface area (Å²) in [4.78, 5) is 0. The van der Waals surface area contributed by atoms with Crippen LogP contribution in [0.5, 0.6) is 0 Å². The predicted molar refractivity (Wildman–Crippen MR) is 56.7 cm³/mol. The van der Waals surface area contributed by atoms with Crippen LogP contribution in [0, 0.1) is 0 Å². The lowest BCUT2D eigenvalue weighted by molar-refractivity contribution is -0.397. The maximum absolute atomic E-state index is 13.0.